The molecule has 1 aromatic carbocycles. The Kier molecular flexibility index (Phi) is 3.92. The maximum atomic E-state index is 12.6. The summed E-state index contributed by atoms with van der Waals surface area (Å²) in [6, 6.07) is 6.70. The zero-order valence-corrected chi connectivity index (χ0v) is 12.0. The van der Waals surface area contributed by atoms with Crippen molar-refractivity contribution in [2.75, 3.05) is 26.2 Å². The van der Waals surface area contributed by atoms with Crippen molar-refractivity contribution in [2.24, 2.45) is 17.6 Å². The predicted octanol–water partition coefficient (Wildman–Crippen LogP) is 0.857. The molecule has 5 heteroatoms. The number of nitrogens with zero attached hydrogens (tertiary/aromatic N) is 1. The van der Waals surface area contributed by atoms with Gasteiger partial charge in [-0.1, -0.05) is 6.07 Å². The fourth-order valence-corrected chi connectivity index (χ4v) is 3.41. The standard InChI is InChI=1S/C16H21N3O2/c17-15(20)11-2-1-3-12(8-11)16(21)19-6-4-13-9-18-10-14(13)5-7-19/h1-3,8,13-14,18H,4-7,9-10H2,(H2,17,20)/t13-,14+. The van der Waals surface area contributed by atoms with Gasteiger partial charge in [0.15, 0.2) is 0 Å². The van der Waals surface area contributed by atoms with Crippen molar-refractivity contribution in [3.05, 3.63) is 35.4 Å². The van der Waals surface area contributed by atoms with Gasteiger partial charge in [-0.15, -0.1) is 0 Å². The minimum absolute atomic E-state index is 0.00559. The number of hydrogen-bond acceptors (Lipinski definition) is 3. The number of primary amides is 1. The molecule has 0 radical (unpaired) electrons. The second-order valence-corrected chi connectivity index (χ2v) is 5.99. The molecule has 2 saturated heterocycles. The summed E-state index contributed by atoms with van der Waals surface area (Å²) in [7, 11) is 0. The van der Waals surface area contributed by atoms with Crippen LogP contribution >= 0.6 is 0 Å². The third-order valence-corrected chi connectivity index (χ3v) is 4.70. The summed E-state index contributed by atoms with van der Waals surface area (Å²) in [6.07, 6.45) is 2.11. The molecule has 3 rings (SSSR count). The van der Waals surface area contributed by atoms with Crippen molar-refractivity contribution < 1.29 is 9.59 Å². The van der Waals surface area contributed by atoms with Crippen LogP contribution in [0.5, 0.6) is 0 Å². The third kappa shape index (κ3) is 2.93. The number of nitrogens with two attached hydrogens (primary N) is 1. The lowest BCUT2D eigenvalue weighted by Gasteiger charge is -2.21. The van der Waals surface area contributed by atoms with Crippen LogP contribution in [-0.4, -0.2) is 42.9 Å². The second kappa shape index (κ2) is 5.85. The summed E-state index contributed by atoms with van der Waals surface area (Å²) < 4.78 is 0. The van der Waals surface area contributed by atoms with Gasteiger partial charge in [0.2, 0.25) is 5.91 Å². The number of carbonyl (C=O) groups excluding carboxylic acids is 2. The van der Waals surface area contributed by atoms with E-state index in [4.69, 9.17) is 5.73 Å². The van der Waals surface area contributed by atoms with Crippen LogP contribution in [0.1, 0.15) is 33.6 Å². The number of amides is 2. The van der Waals surface area contributed by atoms with Gasteiger partial charge in [0.1, 0.15) is 0 Å². The highest BCUT2D eigenvalue weighted by Gasteiger charge is 2.31. The molecule has 3 N–H and O–H groups in total. The fraction of sp³-hybridized carbons (Fsp3) is 0.500. The van der Waals surface area contributed by atoms with Gasteiger partial charge in [-0.3, -0.25) is 9.59 Å². The van der Waals surface area contributed by atoms with E-state index in [1.165, 1.54) is 0 Å². The summed E-state index contributed by atoms with van der Waals surface area (Å²) >= 11 is 0. The molecule has 0 unspecified atom stereocenters. The molecule has 0 bridgehead atoms. The Morgan fingerprint density at radius 1 is 1.10 bits per heavy atom. The molecule has 0 aliphatic carbocycles. The lowest BCUT2D eigenvalue weighted by atomic mass is 9.92. The van der Waals surface area contributed by atoms with Gasteiger partial charge in [-0.2, -0.15) is 0 Å². The van der Waals surface area contributed by atoms with Crippen molar-refractivity contribution in [1.82, 2.24) is 10.2 Å². The first-order chi connectivity index (χ1) is 10.1. The van der Waals surface area contributed by atoms with Gasteiger partial charge in [-0.05, 0) is 56.0 Å². The molecule has 0 spiro atoms. The van der Waals surface area contributed by atoms with Gasteiger partial charge in [0, 0.05) is 24.2 Å². The fourth-order valence-electron chi connectivity index (χ4n) is 3.41. The zero-order chi connectivity index (χ0) is 14.8. The zero-order valence-electron chi connectivity index (χ0n) is 12.0. The number of hydrogen-bond donors (Lipinski definition) is 2. The molecule has 2 amide bonds. The highest BCUT2D eigenvalue weighted by molar-refractivity contribution is 5.99. The molecule has 2 fully saturated rings. The van der Waals surface area contributed by atoms with Crippen molar-refractivity contribution >= 4 is 11.8 Å². The summed E-state index contributed by atoms with van der Waals surface area (Å²) in [6.45, 7) is 3.73. The first-order valence-electron chi connectivity index (χ1n) is 7.55. The van der Waals surface area contributed by atoms with Gasteiger partial charge in [-0.25, -0.2) is 0 Å². The Hall–Kier alpha value is -1.88. The topological polar surface area (TPSA) is 75.4 Å². The smallest absolute Gasteiger partial charge is 0.253 e. The van der Waals surface area contributed by atoms with E-state index in [1.54, 1.807) is 24.3 Å². The van der Waals surface area contributed by atoms with E-state index < -0.39 is 5.91 Å². The minimum atomic E-state index is -0.499. The first-order valence-corrected chi connectivity index (χ1v) is 7.55. The lowest BCUT2D eigenvalue weighted by Crippen LogP contribution is -2.33. The summed E-state index contributed by atoms with van der Waals surface area (Å²) in [5.74, 6) is 0.895. The van der Waals surface area contributed by atoms with Crippen molar-refractivity contribution in [3.63, 3.8) is 0 Å². The Bertz CT molecular complexity index is 544. The number of likely N-dealkylation sites (tertiary alicyclic amines) is 1. The molecule has 21 heavy (non-hydrogen) atoms. The van der Waals surface area contributed by atoms with E-state index in [-0.39, 0.29) is 5.91 Å². The molecule has 2 aliphatic heterocycles. The quantitative estimate of drug-likeness (QED) is 0.847. The van der Waals surface area contributed by atoms with E-state index in [0.29, 0.717) is 23.0 Å². The van der Waals surface area contributed by atoms with E-state index in [1.807, 2.05) is 4.90 Å². The average molecular weight is 287 g/mol. The molecule has 5 nitrogen and oxygen atoms in total. The third-order valence-electron chi connectivity index (χ3n) is 4.70. The molecule has 1 aromatic rings. The SMILES string of the molecule is NC(=O)c1cccc(C(=O)N2CC[C@@H]3CNC[C@@H]3CC2)c1. The minimum Gasteiger partial charge on any atom is -0.366 e. The average Bonchev–Trinajstić information content (AvgIpc) is 2.85. The Balaban J connectivity index is 1.73. The number of benzene rings is 1. The number of nitrogens with one attached hydrogen (secondary N) is 1. The largest absolute Gasteiger partial charge is 0.366 e. The molecule has 2 aliphatic rings. The first kappa shape index (κ1) is 14.1. The highest BCUT2D eigenvalue weighted by atomic mass is 16.2. The Morgan fingerprint density at radius 2 is 1.71 bits per heavy atom. The van der Waals surface area contributed by atoms with Crippen LogP contribution in [0.3, 0.4) is 0 Å². The summed E-state index contributed by atoms with van der Waals surface area (Å²) in [4.78, 5) is 25.8. The molecular formula is C16H21N3O2. The van der Waals surface area contributed by atoms with Gasteiger partial charge < -0.3 is 16.0 Å². The van der Waals surface area contributed by atoms with Crippen LogP contribution in [0.15, 0.2) is 24.3 Å². The van der Waals surface area contributed by atoms with Gasteiger partial charge >= 0.3 is 0 Å². The molecule has 0 aromatic heterocycles. The number of rotatable bonds is 2. The van der Waals surface area contributed by atoms with Crippen molar-refractivity contribution in [3.8, 4) is 0 Å². The summed E-state index contributed by atoms with van der Waals surface area (Å²) in [5.41, 5.74) is 6.22. The highest BCUT2D eigenvalue weighted by Crippen LogP contribution is 2.27. The lowest BCUT2D eigenvalue weighted by molar-refractivity contribution is 0.0758. The van der Waals surface area contributed by atoms with E-state index in [2.05, 4.69) is 5.32 Å². The maximum Gasteiger partial charge on any atom is 0.253 e. The molecule has 2 atom stereocenters. The number of fused-ring (bicyclic) bond motifs is 1. The molecule has 2 heterocycles. The van der Waals surface area contributed by atoms with Gasteiger partial charge in [0.05, 0.1) is 0 Å². The van der Waals surface area contributed by atoms with Crippen molar-refractivity contribution in [1.29, 1.82) is 0 Å². The van der Waals surface area contributed by atoms with E-state index in [9.17, 15) is 9.59 Å². The van der Waals surface area contributed by atoms with Crippen LogP contribution in [0.25, 0.3) is 0 Å². The predicted molar refractivity (Wildman–Crippen MR) is 79.9 cm³/mol. The number of carbonyl (C=O) groups is 2. The van der Waals surface area contributed by atoms with Crippen LogP contribution in [0, 0.1) is 11.8 Å². The Labute approximate surface area is 124 Å². The van der Waals surface area contributed by atoms with Crippen molar-refractivity contribution in [2.45, 2.75) is 12.8 Å². The second-order valence-electron chi connectivity index (χ2n) is 5.99. The normalized spacial score (nSPS) is 25.2. The van der Waals surface area contributed by atoms with Crippen LogP contribution in [0.4, 0.5) is 0 Å². The summed E-state index contributed by atoms with van der Waals surface area (Å²) in [5, 5.41) is 3.43. The maximum absolute atomic E-state index is 12.6. The van der Waals surface area contributed by atoms with Crippen LogP contribution in [0.2, 0.25) is 0 Å². The van der Waals surface area contributed by atoms with Crippen LogP contribution in [-0.2, 0) is 0 Å². The Morgan fingerprint density at radius 3 is 2.33 bits per heavy atom. The van der Waals surface area contributed by atoms with Crippen LogP contribution < -0.4 is 11.1 Å². The monoisotopic (exact) mass is 287 g/mol. The molecular weight excluding hydrogens is 266 g/mol. The van der Waals surface area contributed by atoms with E-state index >= 15 is 0 Å². The van der Waals surface area contributed by atoms with Gasteiger partial charge in [0.25, 0.3) is 5.91 Å². The molecule has 112 valence electrons. The molecule has 0 saturated carbocycles. The van der Waals surface area contributed by atoms with E-state index in [0.717, 1.165) is 39.0 Å².